The van der Waals surface area contributed by atoms with E-state index in [4.69, 9.17) is 0 Å². The summed E-state index contributed by atoms with van der Waals surface area (Å²) in [7, 11) is 0. The summed E-state index contributed by atoms with van der Waals surface area (Å²) < 4.78 is 1.22. The second-order valence-electron chi connectivity index (χ2n) is 5.65. The van der Waals surface area contributed by atoms with Crippen molar-refractivity contribution >= 4 is 21.6 Å². The largest absolute Gasteiger partial charge is 0.371 e. The van der Waals surface area contributed by atoms with Crippen LogP contribution in [-0.4, -0.2) is 19.1 Å². The predicted octanol–water partition coefficient (Wildman–Crippen LogP) is 3.79. The zero-order valence-corrected chi connectivity index (χ0v) is 13.1. The number of nitrogens with zero attached hydrogens (tertiary/aromatic N) is 1. The van der Waals surface area contributed by atoms with Gasteiger partial charge in [0.05, 0.1) is 0 Å². The molecule has 0 aliphatic carbocycles. The Labute approximate surface area is 119 Å². The zero-order chi connectivity index (χ0) is 13.1. The number of halogens is 1. The Morgan fingerprint density at radius 3 is 2.78 bits per heavy atom. The monoisotopic (exact) mass is 310 g/mol. The van der Waals surface area contributed by atoms with Crippen LogP contribution in [-0.2, 0) is 6.54 Å². The molecule has 0 bridgehead atoms. The minimum atomic E-state index is 0.524. The van der Waals surface area contributed by atoms with Crippen LogP contribution in [0.1, 0.15) is 32.8 Å². The molecule has 3 heteroatoms. The Kier molecular flexibility index (Phi) is 4.68. The molecule has 0 amide bonds. The Bertz CT molecular complexity index is 403. The average Bonchev–Trinajstić information content (AvgIpc) is 2.74. The highest BCUT2D eigenvalue weighted by atomic mass is 79.9. The van der Waals surface area contributed by atoms with Crippen LogP contribution in [0.5, 0.6) is 0 Å². The number of benzene rings is 1. The van der Waals surface area contributed by atoms with Crippen LogP contribution >= 0.6 is 15.9 Å². The summed E-state index contributed by atoms with van der Waals surface area (Å²) in [5.41, 5.74) is 2.68. The first-order valence-corrected chi connectivity index (χ1v) is 7.62. The van der Waals surface area contributed by atoms with Gasteiger partial charge in [0.1, 0.15) is 0 Å². The van der Waals surface area contributed by atoms with Gasteiger partial charge in [0.15, 0.2) is 0 Å². The fourth-order valence-corrected chi connectivity index (χ4v) is 2.87. The average molecular weight is 311 g/mol. The molecule has 0 radical (unpaired) electrons. The normalized spacial score (nSPS) is 19.8. The summed E-state index contributed by atoms with van der Waals surface area (Å²) in [6, 6.07) is 7.27. The molecule has 1 heterocycles. The summed E-state index contributed by atoms with van der Waals surface area (Å²) in [5, 5.41) is 3.46. The Balaban J connectivity index is 2.05. The molecule has 1 fully saturated rings. The van der Waals surface area contributed by atoms with Crippen molar-refractivity contribution in [1.29, 1.82) is 0 Å². The Morgan fingerprint density at radius 1 is 1.44 bits per heavy atom. The highest BCUT2D eigenvalue weighted by Gasteiger charge is 2.19. The van der Waals surface area contributed by atoms with Crippen molar-refractivity contribution in [3.63, 3.8) is 0 Å². The van der Waals surface area contributed by atoms with Crippen molar-refractivity contribution in [2.45, 2.75) is 39.8 Å². The molecular formula is C15H23BrN2. The van der Waals surface area contributed by atoms with E-state index >= 15 is 0 Å². The van der Waals surface area contributed by atoms with Gasteiger partial charge in [-0.05, 0) is 30.0 Å². The Morgan fingerprint density at radius 2 is 2.22 bits per heavy atom. The van der Waals surface area contributed by atoms with Gasteiger partial charge in [-0.2, -0.15) is 0 Å². The molecule has 18 heavy (non-hydrogen) atoms. The molecule has 1 aromatic carbocycles. The molecule has 1 saturated heterocycles. The van der Waals surface area contributed by atoms with Crippen molar-refractivity contribution in [2.24, 2.45) is 5.92 Å². The maximum atomic E-state index is 3.69. The summed E-state index contributed by atoms with van der Waals surface area (Å²) in [4.78, 5) is 2.48. The van der Waals surface area contributed by atoms with Crippen molar-refractivity contribution in [2.75, 3.05) is 18.0 Å². The highest BCUT2D eigenvalue weighted by Crippen LogP contribution is 2.28. The minimum absolute atomic E-state index is 0.524. The first-order chi connectivity index (χ1) is 8.56. The molecule has 0 aromatic heterocycles. The topological polar surface area (TPSA) is 15.3 Å². The van der Waals surface area contributed by atoms with Crippen LogP contribution in [0, 0.1) is 5.92 Å². The molecule has 1 atom stereocenters. The van der Waals surface area contributed by atoms with E-state index in [2.05, 4.69) is 65.1 Å². The third-order valence-electron chi connectivity index (χ3n) is 3.53. The summed E-state index contributed by atoms with van der Waals surface area (Å²) in [6.45, 7) is 9.99. The molecular weight excluding hydrogens is 288 g/mol. The first kappa shape index (κ1) is 13.9. The molecule has 2 nitrogen and oxygen atoms in total. The zero-order valence-electron chi connectivity index (χ0n) is 11.5. The van der Waals surface area contributed by atoms with E-state index in [0.29, 0.717) is 6.04 Å². The van der Waals surface area contributed by atoms with Crippen LogP contribution in [0.2, 0.25) is 0 Å². The quantitative estimate of drug-likeness (QED) is 0.910. The minimum Gasteiger partial charge on any atom is -0.371 e. The van der Waals surface area contributed by atoms with E-state index in [9.17, 15) is 0 Å². The fourth-order valence-electron chi connectivity index (χ4n) is 2.36. The van der Waals surface area contributed by atoms with Gasteiger partial charge in [0.2, 0.25) is 0 Å². The summed E-state index contributed by atoms with van der Waals surface area (Å²) in [5.74, 6) is 0.825. The van der Waals surface area contributed by atoms with Gasteiger partial charge >= 0.3 is 0 Å². The predicted molar refractivity (Wildman–Crippen MR) is 82.1 cm³/mol. The number of nitrogens with one attached hydrogen (secondary N) is 1. The molecule has 1 aliphatic rings. The van der Waals surface area contributed by atoms with E-state index in [0.717, 1.165) is 12.5 Å². The molecule has 1 aliphatic heterocycles. The summed E-state index contributed by atoms with van der Waals surface area (Å²) >= 11 is 3.69. The lowest BCUT2D eigenvalue weighted by Crippen LogP contribution is -2.22. The standard InChI is InChI=1S/C15H23BrN2/c1-11(2)17-9-13-4-5-14(8-15(13)16)18-7-6-12(3)10-18/h4-5,8,11-12,17H,6-7,9-10H2,1-3H3. The third-order valence-corrected chi connectivity index (χ3v) is 4.26. The van der Waals surface area contributed by atoms with E-state index in [1.807, 2.05) is 0 Å². The van der Waals surface area contributed by atoms with Crippen LogP contribution in [0.4, 0.5) is 5.69 Å². The molecule has 0 spiro atoms. The SMILES string of the molecule is CC1CCN(c2ccc(CNC(C)C)c(Br)c2)C1. The van der Waals surface area contributed by atoms with Gasteiger partial charge in [-0.1, -0.05) is 42.8 Å². The van der Waals surface area contributed by atoms with Crippen molar-refractivity contribution < 1.29 is 0 Å². The van der Waals surface area contributed by atoms with E-state index < -0.39 is 0 Å². The van der Waals surface area contributed by atoms with Crippen LogP contribution in [0.15, 0.2) is 22.7 Å². The van der Waals surface area contributed by atoms with Gasteiger partial charge in [-0.25, -0.2) is 0 Å². The number of rotatable bonds is 4. The van der Waals surface area contributed by atoms with Crippen molar-refractivity contribution in [3.8, 4) is 0 Å². The van der Waals surface area contributed by atoms with Gasteiger partial charge in [-0.3, -0.25) is 0 Å². The van der Waals surface area contributed by atoms with Crippen molar-refractivity contribution in [3.05, 3.63) is 28.2 Å². The highest BCUT2D eigenvalue weighted by molar-refractivity contribution is 9.10. The third kappa shape index (κ3) is 3.48. The van der Waals surface area contributed by atoms with Crippen molar-refractivity contribution in [1.82, 2.24) is 5.32 Å². The second kappa shape index (κ2) is 6.07. The lowest BCUT2D eigenvalue weighted by atomic mass is 10.1. The number of hydrogen-bond acceptors (Lipinski definition) is 2. The number of hydrogen-bond donors (Lipinski definition) is 1. The maximum absolute atomic E-state index is 3.69. The lowest BCUT2D eigenvalue weighted by Gasteiger charge is -2.19. The molecule has 100 valence electrons. The summed E-state index contributed by atoms with van der Waals surface area (Å²) in [6.07, 6.45) is 1.31. The van der Waals surface area contributed by atoms with E-state index in [1.165, 1.54) is 35.2 Å². The maximum Gasteiger partial charge on any atom is 0.0377 e. The first-order valence-electron chi connectivity index (χ1n) is 6.83. The van der Waals surface area contributed by atoms with Crippen LogP contribution in [0.25, 0.3) is 0 Å². The van der Waals surface area contributed by atoms with Gasteiger partial charge in [0, 0.05) is 35.8 Å². The molecule has 1 N–H and O–H groups in total. The molecule has 1 aromatic rings. The van der Waals surface area contributed by atoms with Crippen LogP contribution < -0.4 is 10.2 Å². The smallest absolute Gasteiger partial charge is 0.0377 e. The fraction of sp³-hybridized carbons (Fsp3) is 0.600. The molecule has 0 saturated carbocycles. The number of anilines is 1. The van der Waals surface area contributed by atoms with Gasteiger partial charge < -0.3 is 10.2 Å². The Hall–Kier alpha value is -0.540. The molecule has 1 unspecified atom stereocenters. The van der Waals surface area contributed by atoms with E-state index in [1.54, 1.807) is 0 Å². The van der Waals surface area contributed by atoms with Gasteiger partial charge in [-0.15, -0.1) is 0 Å². The second-order valence-corrected chi connectivity index (χ2v) is 6.51. The molecule has 2 rings (SSSR count). The van der Waals surface area contributed by atoms with Gasteiger partial charge in [0.25, 0.3) is 0 Å². The van der Waals surface area contributed by atoms with Crippen LogP contribution in [0.3, 0.4) is 0 Å². The lowest BCUT2D eigenvalue weighted by molar-refractivity contribution is 0.588. The van der Waals surface area contributed by atoms with E-state index in [-0.39, 0.29) is 0 Å².